The number of hydrogen-bond donors (Lipinski definition) is 1. The van der Waals surface area contributed by atoms with Crippen LogP contribution in [0, 0.1) is 0 Å². The summed E-state index contributed by atoms with van der Waals surface area (Å²) >= 11 is 0. The van der Waals surface area contributed by atoms with Crippen molar-refractivity contribution in [1.29, 1.82) is 0 Å². The maximum Gasteiger partial charge on any atom is 0.243 e. The lowest BCUT2D eigenvalue weighted by Gasteiger charge is -2.32. The molecule has 5 heteroatoms. The Morgan fingerprint density at radius 1 is 0.872 bits per heavy atom. The highest BCUT2D eigenvalue weighted by atomic mass is 16.5. The van der Waals surface area contributed by atoms with Crippen LogP contribution in [0.2, 0.25) is 0 Å². The molecular formula is C34H38N2O3. The van der Waals surface area contributed by atoms with E-state index < -0.39 is 6.04 Å². The maximum absolute atomic E-state index is 14.0. The van der Waals surface area contributed by atoms with Crippen LogP contribution in [0.15, 0.2) is 97.1 Å². The number of rotatable bonds is 12. The first-order valence-corrected chi connectivity index (χ1v) is 13.7. The Labute approximate surface area is 231 Å². The predicted octanol–water partition coefficient (Wildman–Crippen LogP) is 6.34. The van der Waals surface area contributed by atoms with Crippen LogP contribution in [0.5, 0.6) is 5.75 Å². The Hall–Kier alpha value is -4.12. The molecule has 0 bridgehead atoms. The van der Waals surface area contributed by atoms with Crippen LogP contribution in [0.1, 0.15) is 43.4 Å². The van der Waals surface area contributed by atoms with Gasteiger partial charge in [0, 0.05) is 25.4 Å². The van der Waals surface area contributed by atoms with Crippen molar-refractivity contribution < 1.29 is 14.3 Å². The van der Waals surface area contributed by atoms with Gasteiger partial charge in [-0.05, 0) is 59.4 Å². The fourth-order valence-corrected chi connectivity index (χ4v) is 4.86. The quantitative estimate of drug-likeness (QED) is 0.236. The minimum absolute atomic E-state index is 0.0141. The highest BCUT2D eigenvalue weighted by Crippen LogP contribution is 2.23. The summed E-state index contributed by atoms with van der Waals surface area (Å²) < 4.78 is 5.43. The van der Waals surface area contributed by atoms with Gasteiger partial charge in [0.05, 0.1) is 7.11 Å². The number of carbonyl (C=O) groups is 2. The molecule has 0 saturated carbocycles. The molecule has 202 valence electrons. The summed E-state index contributed by atoms with van der Waals surface area (Å²) in [6, 6.07) is 31.4. The van der Waals surface area contributed by atoms with Crippen LogP contribution in [0.4, 0.5) is 0 Å². The van der Waals surface area contributed by atoms with Crippen LogP contribution in [0.3, 0.4) is 0 Å². The summed E-state index contributed by atoms with van der Waals surface area (Å²) in [5, 5.41) is 5.45. The zero-order chi connectivity index (χ0) is 27.6. The second kappa shape index (κ2) is 13.6. The lowest BCUT2D eigenvalue weighted by atomic mass is 9.99. The van der Waals surface area contributed by atoms with E-state index in [0.29, 0.717) is 25.8 Å². The normalized spacial score (nSPS) is 12.5. The van der Waals surface area contributed by atoms with E-state index in [9.17, 15) is 9.59 Å². The SMILES string of the molecule is CC[C@H](C)NC(=O)[C@@H](Cc1ccccc1)N(Cc1cccc(OC)c1)C(=O)CCc1cccc2ccccc12. The van der Waals surface area contributed by atoms with Gasteiger partial charge in [-0.2, -0.15) is 0 Å². The summed E-state index contributed by atoms with van der Waals surface area (Å²) in [6.45, 7) is 4.35. The van der Waals surface area contributed by atoms with Gasteiger partial charge in [-0.3, -0.25) is 9.59 Å². The molecule has 0 aliphatic rings. The molecule has 2 amide bonds. The first kappa shape index (κ1) is 27.9. The van der Waals surface area contributed by atoms with Crippen LogP contribution < -0.4 is 10.1 Å². The third-order valence-electron chi connectivity index (χ3n) is 7.25. The van der Waals surface area contributed by atoms with Crippen molar-refractivity contribution in [2.75, 3.05) is 7.11 Å². The number of carbonyl (C=O) groups excluding carboxylic acids is 2. The largest absolute Gasteiger partial charge is 0.497 e. The zero-order valence-corrected chi connectivity index (χ0v) is 23.1. The molecule has 4 aromatic rings. The summed E-state index contributed by atoms with van der Waals surface area (Å²) in [5.41, 5.74) is 3.06. The number of nitrogens with one attached hydrogen (secondary N) is 1. The maximum atomic E-state index is 14.0. The van der Waals surface area contributed by atoms with Gasteiger partial charge in [-0.15, -0.1) is 0 Å². The van der Waals surface area contributed by atoms with Gasteiger partial charge in [0.25, 0.3) is 0 Å². The number of nitrogens with zero attached hydrogens (tertiary/aromatic N) is 1. The molecule has 0 aliphatic heterocycles. The number of methoxy groups -OCH3 is 1. The Balaban J connectivity index is 1.66. The molecule has 1 N–H and O–H groups in total. The molecule has 5 nitrogen and oxygen atoms in total. The Morgan fingerprint density at radius 2 is 1.56 bits per heavy atom. The molecule has 4 rings (SSSR count). The molecule has 0 aliphatic carbocycles. The molecule has 0 fully saturated rings. The van der Waals surface area contributed by atoms with E-state index in [4.69, 9.17) is 4.74 Å². The van der Waals surface area contributed by atoms with E-state index in [-0.39, 0.29) is 17.9 Å². The highest BCUT2D eigenvalue weighted by molar-refractivity contribution is 5.89. The number of fused-ring (bicyclic) bond motifs is 1. The molecule has 0 spiro atoms. The van der Waals surface area contributed by atoms with Gasteiger partial charge in [-0.25, -0.2) is 0 Å². The lowest BCUT2D eigenvalue weighted by Crippen LogP contribution is -2.52. The van der Waals surface area contributed by atoms with E-state index in [1.807, 2.05) is 86.6 Å². The van der Waals surface area contributed by atoms with Crippen molar-refractivity contribution in [3.05, 3.63) is 114 Å². The molecule has 2 atom stereocenters. The van der Waals surface area contributed by atoms with Crippen LogP contribution >= 0.6 is 0 Å². The average molecular weight is 523 g/mol. The van der Waals surface area contributed by atoms with Crippen molar-refractivity contribution in [1.82, 2.24) is 10.2 Å². The van der Waals surface area contributed by atoms with Gasteiger partial charge in [0.2, 0.25) is 11.8 Å². The van der Waals surface area contributed by atoms with Crippen molar-refractivity contribution in [2.24, 2.45) is 0 Å². The van der Waals surface area contributed by atoms with E-state index >= 15 is 0 Å². The Morgan fingerprint density at radius 3 is 2.33 bits per heavy atom. The smallest absolute Gasteiger partial charge is 0.243 e. The van der Waals surface area contributed by atoms with Crippen molar-refractivity contribution >= 4 is 22.6 Å². The number of hydrogen-bond acceptors (Lipinski definition) is 3. The molecule has 0 aromatic heterocycles. The lowest BCUT2D eigenvalue weighted by molar-refractivity contribution is -0.141. The van der Waals surface area contributed by atoms with Crippen LogP contribution in [-0.2, 0) is 29.0 Å². The topological polar surface area (TPSA) is 58.6 Å². The molecule has 4 aromatic carbocycles. The summed E-state index contributed by atoms with van der Waals surface area (Å²) in [5.74, 6) is 0.542. The second-order valence-corrected chi connectivity index (χ2v) is 10.0. The third-order valence-corrected chi connectivity index (χ3v) is 7.25. The van der Waals surface area contributed by atoms with Gasteiger partial charge < -0.3 is 15.0 Å². The third kappa shape index (κ3) is 7.47. The van der Waals surface area contributed by atoms with Crippen molar-refractivity contribution in [3.63, 3.8) is 0 Å². The van der Waals surface area contributed by atoms with Gasteiger partial charge in [0.1, 0.15) is 11.8 Å². The average Bonchev–Trinajstić information content (AvgIpc) is 2.98. The second-order valence-electron chi connectivity index (χ2n) is 10.0. The van der Waals surface area contributed by atoms with E-state index in [2.05, 4.69) is 29.6 Å². The van der Waals surface area contributed by atoms with E-state index in [1.54, 1.807) is 12.0 Å². The number of aryl methyl sites for hydroxylation is 1. The van der Waals surface area contributed by atoms with Gasteiger partial charge in [-0.1, -0.05) is 91.9 Å². The number of ether oxygens (including phenoxy) is 1. The fourth-order valence-electron chi connectivity index (χ4n) is 4.86. The van der Waals surface area contributed by atoms with Gasteiger partial charge in [0.15, 0.2) is 0 Å². The van der Waals surface area contributed by atoms with Gasteiger partial charge >= 0.3 is 0 Å². The summed E-state index contributed by atoms with van der Waals surface area (Å²) in [7, 11) is 1.63. The zero-order valence-electron chi connectivity index (χ0n) is 23.1. The van der Waals surface area contributed by atoms with Crippen LogP contribution in [-0.4, -0.2) is 35.9 Å². The monoisotopic (exact) mass is 522 g/mol. The van der Waals surface area contributed by atoms with Crippen LogP contribution in [0.25, 0.3) is 10.8 Å². The fraction of sp³-hybridized carbons (Fsp3) is 0.294. The minimum atomic E-state index is -0.646. The summed E-state index contributed by atoms with van der Waals surface area (Å²) in [6.07, 6.45) is 2.15. The number of amides is 2. The molecule has 0 saturated heterocycles. The molecule has 0 unspecified atom stereocenters. The first-order chi connectivity index (χ1) is 19.0. The van der Waals surface area contributed by atoms with E-state index in [0.717, 1.165) is 39.6 Å². The highest BCUT2D eigenvalue weighted by Gasteiger charge is 2.31. The Kier molecular flexibility index (Phi) is 9.74. The molecular weight excluding hydrogens is 484 g/mol. The predicted molar refractivity (Wildman–Crippen MR) is 158 cm³/mol. The Bertz CT molecular complexity index is 1380. The minimum Gasteiger partial charge on any atom is -0.497 e. The first-order valence-electron chi connectivity index (χ1n) is 13.7. The standard InChI is InChI=1S/C34H38N2O3/c1-4-25(2)35-34(38)32(23-26-12-6-5-7-13-26)36(24-27-14-10-18-30(22-27)39-3)33(37)21-20-29-17-11-16-28-15-8-9-19-31(28)29/h5-19,22,25,32H,4,20-21,23-24H2,1-3H3,(H,35,38)/t25-,32+/m0/s1. The van der Waals surface area contributed by atoms with E-state index in [1.165, 1.54) is 0 Å². The molecule has 0 heterocycles. The molecule has 39 heavy (non-hydrogen) atoms. The molecule has 0 radical (unpaired) electrons. The number of benzene rings is 4. The van der Waals surface area contributed by atoms with Crippen molar-refractivity contribution in [2.45, 2.75) is 58.2 Å². The van der Waals surface area contributed by atoms with Crippen molar-refractivity contribution in [3.8, 4) is 5.75 Å². The summed E-state index contributed by atoms with van der Waals surface area (Å²) in [4.78, 5) is 29.5.